The number of aromatic nitrogens is 1. The number of hydrogen-bond acceptors (Lipinski definition) is 4. The van der Waals surface area contributed by atoms with Crippen molar-refractivity contribution in [2.75, 3.05) is 0 Å². The van der Waals surface area contributed by atoms with Crippen molar-refractivity contribution in [2.45, 2.75) is 11.1 Å². The number of hydrogen-bond donors (Lipinski definition) is 0. The van der Waals surface area contributed by atoms with Gasteiger partial charge in [0.05, 0.1) is 5.69 Å². The fraction of sp³-hybridized carbons (Fsp3) is 0.100. The van der Waals surface area contributed by atoms with Crippen LogP contribution in [0.5, 0.6) is 0 Å². The molecule has 0 saturated carbocycles. The number of nitrogens with zero attached hydrogens (tertiary/aromatic N) is 1. The number of rotatable bonds is 2. The average molecular weight is 308 g/mol. The highest BCUT2D eigenvalue weighted by Crippen LogP contribution is 2.33. The number of thiazole rings is 1. The van der Waals surface area contributed by atoms with Gasteiger partial charge in [-0.1, -0.05) is 23.7 Å². The topological polar surface area (TPSA) is 47.0 Å². The Balaban J connectivity index is 2.56. The number of halogens is 2. The third-order valence-corrected chi connectivity index (χ3v) is 5.67. The minimum atomic E-state index is -3.74. The van der Waals surface area contributed by atoms with Crippen molar-refractivity contribution in [2.24, 2.45) is 0 Å². The van der Waals surface area contributed by atoms with Gasteiger partial charge in [0.2, 0.25) is 0 Å². The van der Waals surface area contributed by atoms with Crippen LogP contribution in [-0.4, -0.2) is 13.4 Å². The lowest BCUT2D eigenvalue weighted by atomic mass is 10.2. The van der Waals surface area contributed by atoms with Crippen LogP contribution in [0.1, 0.15) is 5.69 Å². The lowest BCUT2D eigenvalue weighted by molar-refractivity contribution is 0.610. The first-order valence-corrected chi connectivity index (χ1v) is 8.06. The lowest BCUT2D eigenvalue weighted by Crippen LogP contribution is -1.88. The van der Waals surface area contributed by atoms with Crippen LogP contribution in [0.2, 0.25) is 5.02 Å². The van der Waals surface area contributed by atoms with Gasteiger partial charge in [0.25, 0.3) is 9.05 Å². The fourth-order valence-corrected chi connectivity index (χ4v) is 3.99. The van der Waals surface area contributed by atoms with E-state index in [1.807, 2.05) is 6.07 Å². The van der Waals surface area contributed by atoms with E-state index in [4.69, 9.17) is 22.3 Å². The molecule has 0 fully saturated rings. The highest BCUT2D eigenvalue weighted by Gasteiger charge is 2.19. The molecule has 0 amide bonds. The molecule has 2 rings (SSSR count). The molecule has 0 aliphatic heterocycles. The van der Waals surface area contributed by atoms with Crippen molar-refractivity contribution in [3.63, 3.8) is 0 Å². The van der Waals surface area contributed by atoms with Crippen molar-refractivity contribution >= 4 is 42.7 Å². The van der Waals surface area contributed by atoms with Crippen LogP contribution in [-0.2, 0) is 9.05 Å². The largest absolute Gasteiger partial charge is 0.272 e. The van der Waals surface area contributed by atoms with E-state index in [1.54, 1.807) is 25.1 Å². The molecule has 90 valence electrons. The second-order valence-electron chi connectivity index (χ2n) is 3.34. The third kappa shape index (κ3) is 2.80. The van der Waals surface area contributed by atoms with Crippen molar-refractivity contribution in [3.8, 4) is 10.6 Å². The average Bonchev–Trinajstić information content (AvgIpc) is 2.60. The molecule has 0 unspecified atom stereocenters. The smallest absolute Gasteiger partial charge is 0.240 e. The summed E-state index contributed by atoms with van der Waals surface area (Å²) < 4.78 is 22.6. The molecule has 1 heterocycles. The maximum absolute atomic E-state index is 11.3. The summed E-state index contributed by atoms with van der Waals surface area (Å²) in [5, 5.41) is 1.16. The SMILES string of the molecule is Cc1nc(-c2cccc(Cl)c2)sc1S(=O)(=O)Cl. The highest BCUT2D eigenvalue weighted by molar-refractivity contribution is 8.15. The van der Waals surface area contributed by atoms with Crippen LogP contribution in [0.25, 0.3) is 10.6 Å². The van der Waals surface area contributed by atoms with E-state index in [9.17, 15) is 8.42 Å². The zero-order valence-electron chi connectivity index (χ0n) is 8.65. The van der Waals surface area contributed by atoms with Gasteiger partial charge >= 0.3 is 0 Å². The van der Waals surface area contributed by atoms with E-state index >= 15 is 0 Å². The predicted molar refractivity (Wildman–Crippen MR) is 70.3 cm³/mol. The number of benzene rings is 1. The van der Waals surface area contributed by atoms with Gasteiger partial charge in [-0.2, -0.15) is 0 Å². The van der Waals surface area contributed by atoms with Gasteiger partial charge in [-0.3, -0.25) is 0 Å². The van der Waals surface area contributed by atoms with E-state index in [2.05, 4.69) is 4.98 Å². The molecule has 17 heavy (non-hydrogen) atoms. The molecule has 0 spiro atoms. The molecule has 1 aromatic heterocycles. The quantitative estimate of drug-likeness (QED) is 0.795. The molecule has 1 aromatic carbocycles. The van der Waals surface area contributed by atoms with E-state index in [0.29, 0.717) is 15.7 Å². The normalized spacial score (nSPS) is 11.7. The summed E-state index contributed by atoms with van der Waals surface area (Å²) in [4.78, 5) is 4.18. The molecule has 0 saturated heterocycles. The van der Waals surface area contributed by atoms with Gasteiger partial charge in [-0.15, -0.1) is 11.3 Å². The second-order valence-corrected chi connectivity index (χ2v) is 7.54. The summed E-state index contributed by atoms with van der Waals surface area (Å²) >= 11 is 6.90. The minimum absolute atomic E-state index is 0.0779. The van der Waals surface area contributed by atoms with Crippen LogP contribution < -0.4 is 0 Å². The van der Waals surface area contributed by atoms with Gasteiger partial charge < -0.3 is 0 Å². The van der Waals surface area contributed by atoms with E-state index < -0.39 is 9.05 Å². The zero-order chi connectivity index (χ0) is 12.6. The van der Waals surface area contributed by atoms with Gasteiger partial charge in [0.1, 0.15) is 5.01 Å². The molecular formula is C10H7Cl2NO2S2. The summed E-state index contributed by atoms with van der Waals surface area (Å²) in [7, 11) is 1.58. The maximum Gasteiger partial charge on any atom is 0.272 e. The standard InChI is InChI=1S/C10H7Cl2NO2S2/c1-6-10(17(12,14)15)16-9(13-6)7-3-2-4-8(11)5-7/h2-5H,1H3. The molecule has 0 aliphatic carbocycles. The molecular weight excluding hydrogens is 301 g/mol. The number of aryl methyl sites for hydroxylation is 1. The molecule has 0 aliphatic rings. The van der Waals surface area contributed by atoms with Crippen LogP contribution in [0.4, 0.5) is 0 Å². The Morgan fingerprint density at radius 1 is 1.35 bits per heavy atom. The van der Waals surface area contributed by atoms with Crippen LogP contribution in [0.15, 0.2) is 28.5 Å². The van der Waals surface area contributed by atoms with Crippen molar-refractivity contribution < 1.29 is 8.42 Å². The Kier molecular flexibility index (Phi) is 3.45. The van der Waals surface area contributed by atoms with Crippen molar-refractivity contribution in [1.82, 2.24) is 4.98 Å². The van der Waals surface area contributed by atoms with Gasteiger partial charge in [-0.25, -0.2) is 13.4 Å². The van der Waals surface area contributed by atoms with Crippen LogP contribution in [0, 0.1) is 6.92 Å². The summed E-state index contributed by atoms with van der Waals surface area (Å²) in [5.74, 6) is 0. The Morgan fingerprint density at radius 3 is 2.59 bits per heavy atom. The minimum Gasteiger partial charge on any atom is -0.240 e. The van der Waals surface area contributed by atoms with Gasteiger partial charge in [0, 0.05) is 21.3 Å². The molecule has 3 nitrogen and oxygen atoms in total. The Bertz CT molecular complexity index is 665. The first kappa shape index (κ1) is 12.8. The Hall–Kier alpha value is -0.620. The molecule has 0 atom stereocenters. The van der Waals surface area contributed by atoms with E-state index in [0.717, 1.165) is 16.9 Å². The van der Waals surface area contributed by atoms with Crippen LogP contribution in [0.3, 0.4) is 0 Å². The fourth-order valence-electron chi connectivity index (χ4n) is 1.35. The van der Waals surface area contributed by atoms with E-state index in [1.165, 1.54) is 0 Å². The monoisotopic (exact) mass is 307 g/mol. The third-order valence-electron chi connectivity index (χ3n) is 2.05. The van der Waals surface area contributed by atoms with E-state index in [-0.39, 0.29) is 4.21 Å². The molecule has 0 radical (unpaired) electrons. The predicted octanol–water partition coefficient (Wildman–Crippen LogP) is 3.70. The molecule has 0 bridgehead atoms. The second kappa shape index (κ2) is 4.57. The summed E-state index contributed by atoms with van der Waals surface area (Å²) in [6.07, 6.45) is 0. The molecule has 7 heteroatoms. The Morgan fingerprint density at radius 2 is 2.06 bits per heavy atom. The van der Waals surface area contributed by atoms with Gasteiger partial charge in [0.15, 0.2) is 4.21 Å². The van der Waals surface area contributed by atoms with Crippen molar-refractivity contribution in [3.05, 3.63) is 35.0 Å². The summed E-state index contributed by atoms with van der Waals surface area (Å²) in [5.41, 5.74) is 1.18. The summed E-state index contributed by atoms with van der Waals surface area (Å²) in [6.45, 7) is 1.61. The summed E-state index contributed by atoms with van der Waals surface area (Å²) in [6, 6.07) is 7.06. The first-order chi connectivity index (χ1) is 7.88. The lowest BCUT2D eigenvalue weighted by Gasteiger charge is -1.95. The maximum atomic E-state index is 11.3. The molecule has 0 N–H and O–H groups in total. The zero-order valence-corrected chi connectivity index (χ0v) is 11.8. The Labute approximate surface area is 112 Å². The van der Waals surface area contributed by atoms with Crippen LogP contribution >= 0.6 is 33.6 Å². The first-order valence-electron chi connectivity index (χ1n) is 4.56. The van der Waals surface area contributed by atoms with Gasteiger partial charge in [-0.05, 0) is 19.1 Å². The highest BCUT2D eigenvalue weighted by atomic mass is 35.7. The van der Waals surface area contributed by atoms with Crippen molar-refractivity contribution in [1.29, 1.82) is 0 Å². The molecule has 2 aromatic rings.